The fourth-order valence-corrected chi connectivity index (χ4v) is 4.03. The molecule has 28 heavy (non-hydrogen) atoms. The van der Waals surface area contributed by atoms with Crippen LogP contribution in [-0.4, -0.2) is 58.8 Å². The maximum absolute atomic E-state index is 5.80. The van der Waals surface area contributed by atoms with E-state index < -0.39 is 0 Å². The number of nitrogens with zero attached hydrogens (tertiary/aromatic N) is 4. The Bertz CT molecular complexity index is 943. The molecule has 0 unspecified atom stereocenters. The number of anilines is 2. The minimum atomic E-state index is -0.378. The maximum Gasteiger partial charge on any atom is 0.244 e. The van der Waals surface area contributed by atoms with Crippen molar-refractivity contribution >= 4 is 22.7 Å². The minimum absolute atomic E-state index is 0.378. The van der Waals surface area contributed by atoms with E-state index in [1.54, 1.807) is 6.20 Å². The molecule has 0 saturated carbocycles. The number of hydrogen-bond donors (Lipinski definition) is 2. The molecule has 8 nitrogen and oxygen atoms in total. The van der Waals surface area contributed by atoms with E-state index in [0.717, 1.165) is 50.2 Å². The lowest BCUT2D eigenvalue weighted by Gasteiger charge is -2.37. The number of H-pyrrole nitrogens is 1. The average Bonchev–Trinajstić information content (AvgIpc) is 3.37. The van der Waals surface area contributed by atoms with Crippen LogP contribution in [0.2, 0.25) is 0 Å². The molecule has 146 valence electrons. The minimum Gasteiger partial charge on any atom is -0.361 e. The summed E-state index contributed by atoms with van der Waals surface area (Å²) in [5, 5.41) is 12.8. The number of ether oxygens (including phenoxy) is 2. The van der Waals surface area contributed by atoms with E-state index in [2.05, 4.69) is 54.8 Å². The van der Waals surface area contributed by atoms with Crippen molar-refractivity contribution in [2.45, 2.75) is 25.0 Å². The Kier molecular flexibility index (Phi) is 4.58. The smallest absolute Gasteiger partial charge is 0.244 e. The Balaban J connectivity index is 1.19. The van der Waals surface area contributed by atoms with Gasteiger partial charge in [0, 0.05) is 49.6 Å². The SMILES string of the molecule is c1ccc2c(CCNc3nncc(N4CCC5(CC4)OCCO5)n3)c[nH]c2c1. The van der Waals surface area contributed by atoms with Crippen molar-refractivity contribution in [3.8, 4) is 0 Å². The molecule has 2 aliphatic rings. The molecular formula is C20H24N6O2. The molecule has 1 aromatic carbocycles. The zero-order valence-electron chi connectivity index (χ0n) is 15.7. The fraction of sp³-hybridized carbons (Fsp3) is 0.450. The lowest BCUT2D eigenvalue weighted by Crippen LogP contribution is -2.45. The number of nitrogens with one attached hydrogen (secondary N) is 2. The normalized spacial score (nSPS) is 18.8. The quantitative estimate of drug-likeness (QED) is 0.702. The van der Waals surface area contributed by atoms with E-state index in [9.17, 15) is 0 Å². The number of hydrogen-bond acceptors (Lipinski definition) is 7. The van der Waals surface area contributed by atoms with Crippen LogP contribution in [0, 0.1) is 0 Å². The van der Waals surface area contributed by atoms with Gasteiger partial charge in [0.15, 0.2) is 11.6 Å². The summed E-state index contributed by atoms with van der Waals surface area (Å²) in [4.78, 5) is 10.2. The van der Waals surface area contributed by atoms with E-state index in [-0.39, 0.29) is 5.79 Å². The van der Waals surface area contributed by atoms with Gasteiger partial charge in [0.05, 0.1) is 19.4 Å². The van der Waals surface area contributed by atoms with Crippen LogP contribution >= 0.6 is 0 Å². The third kappa shape index (κ3) is 3.41. The molecule has 0 amide bonds. The summed E-state index contributed by atoms with van der Waals surface area (Å²) in [5.74, 6) is 1.03. The molecule has 0 aliphatic carbocycles. The molecule has 2 N–H and O–H groups in total. The van der Waals surface area contributed by atoms with Crippen molar-refractivity contribution in [2.24, 2.45) is 0 Å². The first kappa shape index (κ1) is 17.4. The molecule has 0 bridgehead atoms. The highest BCUT2D eigenvalue weighted by molar-refractivity contribution is 5.83. The lowest BCUT2D eigenvalue weighted by molar-refractivity contribution is -0.169. The number of rotatable bonds is 5. The predicted molar refractivity (Wildman–Crippen MR) is 106 cm³/mol. The first-order chi connectivity index (χ1) is 13.8. The maximum atomic E-state index is 5.80. The first-order valence-electron chi connectivity index (χ1n) is 9.83. The van der Waals surface area contributed by atoms with Gasteiger partial charge in [-0.2, -0.15) is 10.1 Å². The average molecular weight is 380 g/mol. The molecular weight excluding hydrogens is 356 g/mol. The zero-order chi connectivity index (χ0) is 18.8. The van der Waals surface area contributed by atoms with Gasteiger partial charge in [-0.1, -0.05) is 18.2 Å². The van der Waals surface area contributed by atoms with Crippen LogP contribution < -0.4 is 10.2 Å². The van der Waals surface area contributed by atoms with Crippen molar-refractivity contribution in [1.29, 1.82) is 0 Å². The number of aromatic nitrogens is 4. The number of fused-ring (bicyclic) bond motifs is 1. The molecule has 2 aliphatic heterocycles. The van der Waals surface area contributed by atoms with Crippen molar-refractivity contribution in [1.82, 2.24) is 20.2 Å². The van der Waals surface area contributed by atoms with Gasteiger partial charge in [-0.15, -0.1) is 5.10 Å². The molecule has 0 atom stereocenters. The van der Waals surface area contributed by atoms with Crippen molar-refractivity contribution < 1.29 is 9.47 Å². The predicted octanol–water partition coefficient (Wildman–Crippen LogP) is 2.35. The van der Waals surface area contributed by atoms with E-state index in [4.69, 9.17) is 9.47 Å². The first-order valence-corrected chi connectivity index (χ1v) is 9.83. The number of piperidine rings is 1. The van der Waals surface area contributed by atoms with Gasteiger partial charge in [-0.05, 0) is 18.1 Å². The van der Waals surface area contributed by atoms with Crippen molar-refractivity contribution in [3.63, 3.8) is 0 Å². The Morgan fingerprint density at radius 3 is 2.82 bits per heavy atom. The second-order valence-corrected chi connectivity index (χ2v) is 7.27. The molecule has 0 radical (unpaired) electrons. The van der Waals surface area contributed by atoms with Crippen LogP contribution in [0.15, 0.2) is 36.7 Å². The van der Waals surface area contributed by atoms with Gasteiger partial charge in [0.25, 0.3) is 0 Å². The van der Waals surface area contributed by atoms with Gasteiger partial charge in [0.2, 0.25) is 5.95 Å². The van der Waals surface area contributed by atoms with E-state index in [0.29, 0.717) is 19.2 Å². The van der Waals surface area contributed by atoms with Crippen LogP contribution in [0.25, 0.3) is 10.9 Å². The molecule has 8 heteroatoms. The second kappa shape index (κ2) is 7.37. The van der Waals surface area contributed by atoms with Gasteiger partial charge in [-0.3, -0.25) is 0 Å². The van der Waals surface area contributed by atoms with Gasteiger partial charge in [-0.25, -0.2) is 0 Å². The number of para-hydroxylation sites is 1. The summed E-state index contributed by atoms with van der Waals surface area (Å²) in [5.41, 5.74) is 2.45. The van der Waals surface area contributed by atoms with Crippen LogP contribution in [0.1, 0.15) is 18.4 Å². The Labute approximate surface area is 163 Å². The summed E-state index contributed by atoms with van der Waals surface area (Å²) in [6.45, 7) is 3.82. The highest BCUT2D eigenvalue weighted by Crippen LogP contribution is 2.32. The molecule has 5 rings (SSSR count). The third-order valence-electron chi connectivity index (χ3n) is 5.56. The van der Waals surface area contributed by atoms with Crippen LogP contribution in [0.4, 0.5) is 11.8 Å². The lowest BCUT2D eigenvalue weighted by atomic mass is 10.0. The summed E-state index contributed by atoms with van der Waals surface area (Å²) >= 11 is 0. The van der Waals surface area contributed by atoms with E-state index in [1.165, 1.54) is 10.9 Å². The number of benzene rings is 1. The molecule has 2 saturated heterocycles. The van der Waals surface area contributed by atoms with Crippen LogP contribution in [0.3, 0.4) is 0 Å². The Morgan fingerprint density at radius 1 is 1.14 bits per heavy atom. The Morgan fingerprint density at radius 2 is 1.96 bits per heavy atom. The van der Waals surface area contributed by atoms with E-state index in [1.807, 2.05) is 6.07 Å². The van der Waals surface area contributed by atoms with Crippen LogP contribution in [0.5, 0.6) is 0 Å². The summed E-state index contributed by atoms with van der Waals surface area (Å²) in [6.07, 6.45) is 6.37. The van der Waals surface area contributed by atoms with Gasteiger partial charge in [0.1, 0.15) is 0 Å². The van der Waals surface area contributed by atoms with Gasteiger partial charge >= 0.3 is 0 Å². The second-order valence-electron chi connectivity index (χ2n) is 7.27. The van der Waals surface area contributed by atoms with Gasteiger partial charge < -0.3 is 24.7 Å². The highest BCUT2D eigenvalue weighted by Gasteiger charge is 2.40. The summed E-state index contributed by atoms with van der Waals surface area (Å²) in [7, 11) is 0. The zero-order valence-corrected chi connectivity index (χ0v) is 15.7. The topological polar surface area (TPSA) is 88.2 Å². The summed E-state index contributed by atoms with van der Waals surface area (Å²) in [6, 6.07) is 8.33. The summed E-state index contributed by atoms with van der Waals surface area (Å²) < 4.78 is 11.6. The molecule has 2 aromatic heterocycles. The Hall–Kier alpha value is -2.71. The third-order valence-corrected chi connectivity index (χ3v) is 5.56. The molecule has 4 heterocycles. The number of aromatic amines is 1. The fourth-order valence-electron chi connectivity index (χ4n) is 4.03. The monoisotopic (exact) mass is 380 g/mol. The van der Waals surface area contributed by atoms with Crippen LogP contribution in [-0.2, 0) is 15.9 Å². The van der Waals surface area contributed by atoms with Crippen molar-refractivity contribution in [3.05, 3.63) is 42.2 Å². The molecule has 3 aromatic rings. The largest absolute Gasteiger partial charge is 0.361 e. The molecule has 1 spiro atoms. The highest BCUT2D eigenvalue weighted by atomic mass is 16.7. The standard InChI is InChI=1S/C20H24N6O2/c1-2-4-17-16(3-1)15(13-22-17)5-8-21-19-24-18(14-23-25-19)26-9-6-20(7-10-26)27-11-12-28-20/h1-4,13-14,22H,5-12H2,(H,21,24,25). The molecule has 2 fully saturated rings. The van der Waals surface area contributed by atoms with Crippen molar-refractivity contribution in [2.75, 3.05) is 43.1 Å². The van der Waals surface area contributed by atoms with E-state index >= 15 is 0 Å².